The molecule has 2 aromatic rings. The predicted octanol–water partition coefficient (Wildman–Crippen LogP) is 2.29. The topological polar surface area (TPSA) is 44.9 Å². The average Bonchev–Trinajstić information content (AvgIpc) is 2.56. The van der Waals surface area contributed by atoms with Crippen molar-refractivity contribution < 1.29 is 9.18 Å². The van der Waals surface area contributed by atoms with E-state index in [-0.39, 0.29) is 18.1 Å². The highest BCUT2D eigenvalue weighted by molar-refractivity contribution is 5.90. The fourth-order valence-electron chi connectivity index (χ4n) is 2.00. The smallest absolute Gasteiger partial charge is 0.224 e. The lowest BCUT2D eigenvalue weighted by Gasteiger charge is -2.02. The maximum Gasteiger partial charge on any atom is 0.224 e. The first-order chi connectivity index (χ1) is 8.11. The third kappa shape index (κ3) is 2.30. The van der Waals surface area contributed by atoms with Gasteiger partial charge in [0.15, 0.2) is 0 Å². The number of H-pyrrole nitrogens is 1. The number of rotatable bonds is 3. The Bertz CT molecular complexity index is 560. The fourth-order valence-corrected chi connectivity index (χ4v) is 2.00. The van der Waals surface area contributed by atoms with Crippen LogP contribution in [0.2, 0.25) is 0 Å². The number of aromatic amines is 1. The van der Waals surface area contributed by atoms with E-state index in [1.54, 1.807) is 6.07 Å². The van der Waals surface area contributed by atoms with Crippen molar-refractivity contribution in [3.8, 4) is 0 Å². The molecule has 90 valence electrons. The van der Waals surface area contributed by atoms with Crippen molar-refractivity contribution in [2.24, 2.45) is 0 Å². The number of halogens is 1. The van der Waals surface area contributed by atoms with Gasteiger partial charge in [-0.05, 0) is 37.6 Å². The molecular weight excluding hydrogens is 219 g/mol. The maximum absolute atomic E-state index is 13.2. The molecular formula is C13H15FN2O. The number of likely N-dealkylation sites (N-methyl/N-ethyl adjacent to an activating group) is 1. The molecule has 0 unspecified atom stereocenters. The van der Waals surface area contributed by atoms with Crippen LogP contribution in [0.5, 0.6) is 0 Å². The van der Waals surface area contributed by atoms with Crippen LogP contribution in [-0.2, 0) is 11.2 Å². The summed E-state index contributed by atoms with van der Waals surface area (Å²) in [6.45, 7) is 4.38. The van der Waals surface area contributed by atoms with Gasteiger partial charge < -0.3 is 10.3 Å². The Hall–Kier alpha value is -1.84. The minimum atomic E-state index is -0.284. The quantitative estimate of drug-likeness (QED) is 0.841. The van der Waals surface area contributed by atoms with Gasteiger partial charge in [0.2, 0.25) is 5.91 Å². The average molecular weight is 234 g/mol. The number of hydrogen-bond acceptors (Lipinski definition) is 1. The van der Waals surface area contributed by atoms with Crippen molar-refractivity contribution in [1.82, 2.24) is 10.3 Å². The second kappa shape index (κ2) is 4.57. The van der Waals surface area contributed by atoms with E-state index in [0.717, 1.165) is 22.2 Å². The fraction of sp³-hybridized carbons (Fsp3) is 0.308. The van der Waals surface area contributed by atoms with Gasteiger partial charge in [0.05, 0.1) is 6.42 Å². The van der Waals surface area contributed by atoms with Crippen LogP contribution in [0.3, 0.4) is 0 Å². The summed E-state index contributed by atoms with van der Waals surface area (Å²) in [5.41, 5.74) is 2.64. The highest BCUT2D eigenvalue weighted by atomic mass is 19.1. The van der Waals surface area contributed by atoms with Gasteiger partial charge in [0.1, 0.15) is 5.82 Å². The molecule has 1 aromatic carbocycles. The van der Waals surface area contributed by atoms with Crippen molar-refractivity contribution >= 4 is 16.8 Å². The molecule has 0 spiro atoms. The van der Waals surface area contributed by atoms with Crippen molar-refractivity contribution in [2.75, 3.05) is 6.54 Å². The highest BCUT2D eigenvalue weighted by Gasteiger charge is 2.12. The minimum absolute atomic E-state index is 0.0410. The monoisotopic (exact) mass is 234 g/mol. The molecule has 0 aliphatic carbocycles. The summed E-state index contributed by atoms with van der Waals surface area (Å²) in [7, 11) is 0. The summed E-state index contributed by atoms with van der Waals surface area (Å²) in [5.74, 6) is -0.325. The third-order valence-electron chi connectivity index (χ3n) is 2.79. The Morgan fingerprint density at radius 2 is 2.24 bits per heavy atom. The Kier molecular flexibility index (Phi) is 3.13. The van der Waals surface area contributed by atoms with Crippen LogP contribution in [0.15, 0.2) is 18.2 Å². The summed E-state index contributed by atoms with van der Waals surface area (Å²) >= 11 is 0. The van der Waals surface area contributed by atoms with E-state index in [2.05, 4.69) is 10.3 Å². The Morgan fingerprint density at radius 3 is 2.94 bits per heavy atom. The SMILES string of the molecule is CCNC(=O)Cc1c(C)[nH]c2ccc(F)cc12. The van der Waals surface area contributed by atoms with Crippen LogP contribution in [-0.4, -0.2) is 17.4 Å². The van der Waals surface area contributed by atoms with Gasteiger partial charge in [-0.1, -0.05) is 0 Å². The summed E-state index contributed by atoms with van der Waals surface area (Å²) in [6, 6.07) is 4.57. The van der Waals surface area contributed by atoms with Crippen molar-refractivity contribution in [3.63, 3.8) is 0 Å². The first kappa shape index (κ1) is 11.6. The van der Waals surface area contributed by atoms with E-state index in [0.29, 0.717) is 6.54 Å². The number of aryl methyl sites for hydroxylation is 1. The number of amides is 1. The lowest BCUT2D eigenvalue weighted by Crippen LogP contribution is -2.24. The Labute approximate surface area is 99.0 Å². The molecule has 0 atom stereocenters. The van der Waals surface area contributed by atoms with E-state index in [1.807, 2.05) is 13.8 Å². The molecule has 0 saturated carbocycles. The van der Waals surface area contributed by atoms with E-state index in [1.165, 1.54) is 12.1 Å². The lowest BCUT2D eigenvalue weighted by molar-refractivity contribution is -0.120. The van der Waals surface area contributed by atoms with Crippen molar-refractivity contribution in [2.45, 2.75) is 20.3 Å². The molecule has 0 radical (unpaired) electrons. The number of nitrogens with one attached hydrogen (secondary N) is 2. The predicted molar refractivity (Wildman–Crippen MR) is 65.4 cm³/mol. The zero-order valence-electron chi connectivity index (χ0n) is 9.93. The van der Waals surface area contributed by atoms with Crippen LogP contribution in [0.4, 0.5) is 4.39 Å². The van der Waals surface area contributed by atoms with Gasteiger partial charge in [-0.2, -0.15) is 0 Å². The standard InChI is InChI=1S/C13H15FN2O/c1-3-15-13(17)7-10-8(2)16-12-5-4-9(14)6-11(10)12/h4-6,16H,3,7H2,1-2H3,(H,15,17). The van der Waals surface area contributed by atoms with E-state index in [4.69, 9.17) is 0 Å². The summed E-state index contributed by atoms with van der Waals surface area (Å²) in [4.78, 5) is 14.7. The molecule has 2 N–H and O–H groups in total. The summed E-state index contributed by atoms with van der Waals surface area (Å²) in [6.07, 6.45) is 0.281. The third-order valence-corrected chi connectivity index (χ3v) is 2.79. The van der Waals surface area contributed by atoms with Gasteiger partial charge in [-0.3, -0.25) is 4.79 Å². The van der Waals surface area contributed by atoms with Gasteiger partial charge in [-0.15, -0.1) is 0 Å². The molecule has 1 heterocycles. The van der Waals surface area contributed by atoms with Gasteiger partial charge in [-0.25, -0.2) is 4.39 Å². The first-order valence-corrected chi connectivity index (χ1v) is 5.65. The number of hydrogen-bond donors (Lipinski definition) is 2. The molecule has 0 bridgehead atoms. The second-order valence-electron chi connectivity index (χ2n) is 4.05. The minimum Gasteiger partial charge on any atom is -0.358 e. The molecule has 0 fully saturated rings. The highest BCUT2D eigenvalue weighted by Crippen LogP contribution is 2.23. The Balaban J connectivity index is 2.41. The molecule has 4 heteroatoms. The number of aromatic nitrogens is 1. The number of fused-ring (bicyclic) bond motifs is 1. The number of benzene rings is 1. The molecule has 2 rings (SSSR count). The zero-order chi connectivity index (χ0) is 12.4. The maximum atomic E-state index is 13.2. The molecule has 1 amide bonds. The molecule has 0 aliphatic heterocycles. The van der Waals surface area contributed by atoms with Crippen LogP contribution < -0.4 is 5.32 Å². The van der Waals surface area contributed by atoms with Crippen LogP contribution in [0.1, 0.15) is 18.2 Å². The van der Waals surface area contributed by atoms with Gasteiger partial charge >= 0.3 is 0 Å². The second-order valence-corrected chi connectivity index (χ2v) is 4.05. The van der Waals surface area contributed by atoms with Gasteiger partial charge in [0, 0.05) is 23.1 Å². The van der Waals surface area contributed by atoms with Crippen LogP contribution in [0, 0.1) is 12.7 Å². The van der Waals surface area contributed by atoms with E-state index >= 15 is 0 Å². The van der Waals surface area contributed by atoms with Crippen molar-refractivity contribution in [1.29, 1.82) is 0 Å². The normalized spacial score (nSPS) is 10.8. The number of carbonyl (C=O) groups is 1. The van der Waals surface area contributed by atoms with Crippen LogP contribution >= 0.6 is 0 Å². The molecule has 0 saturated heterocycles. The van der Waals surface area contributed by atoms with Crippen molar-refractivity contribution in [3.05, 3.63) is 35.3 Å². The summed E-state index contributed by atoms with van der Waals surface area (Å²) < 4.78 is 13.2. The number of carbonyl (C=O) groups excluding carboxylic acids is 1. The lowest BCUT2D eigenvalue weighted by atomic mass is 10.1. The van der Waals surface area contributed by atoms with Gasteiger partial charge in [0.25, 0.3) is 0 Å². The van der Waals surface area contributed by atoms with E-state index in [9.17, 15) is 9.18 Å². The van der Waals surface area contributed by atoms with Crippen LogP contribution in [0.25, 0.3) is 10.9 Å². The molecule has 17 heavy (non-hydrogen) atoms. The molecule has 3 nitrogen and oxygen atoms in total. The Morgan fingerprint density at radius 1 is 1.47 bits per heavy atom. The zero-order valence-corrected chi connectivity index (χ0v) is 9.93. The first-order valence-electron chi connectivity index (χ1n) is 5.65. The molecule has 1 aromatic heterocycles. The van der Waals surface area contributed by atoms with E-state index < -0.39 is 0 Å². The largest absolute Gasteiger partial charge is 0.358 e. The summed E-state index contributed by atoms with van der Waals surface area (Å²) in [5, 5.41) is 3.53. The molecule has 0 aliphatic rings.